The average molecular weight is 309 g/mol. The average Bonchev–Trinajstić information content (AvgIpc) is 3.11. The summed E-state index contributed by atoms with van der Waals surface area (Å²) in [5.74, 6) is 0.660. The van der Waals surface area contributed by atoms with E-state index in [9.17, 15) is 9.90 Å². The zero-order valence-corrected chi connectivity index (χ0v) is 13.2. The minimum absolute atomic E-state index is 0.0563. The fourth-order valence-electron chi connectivity index (χ4n) is 3.01. The fraction of sp³-hybridized carbons (Fsp3) is 0.733. The first-order valence-corrected chi connectivity index (χ1v) is 8.58. The van der Waals surface area contributed by atoms with E-state index in [1.165, 1.54) is 18.5 Å². The first-order valence-electron chi connectivity index (χ1n) is 7.70. The van der Waals surface area contributed by atoms with Crippen LogP contribution < -0.4 is 10.6 Å². The molecule has 1 aromatic heterocycles. The van der Waals surface area contributed by atoms with Crippen LogP contribution in [0.3, 0.4) is 0 Å². The van der Waals surface area contributed by atoms with Crippen LogP contribution in [0.5, 0.6) is 0 Å². The Kier molecular flexibility index (Phi) is 4.17. The lowest BCUT2D eigenvalue weighted by Crippen LogP contribution is -2.48. The van der Waals surface area contributed by atoms with E-state index in [0.29, 0.717) is 12.5 Å². The molecule has 0 aromatic carbocycles. The van der Waals surface area contributed by atoms with E-state index in [4.69, 9.17) is 0 Å². The van der Waals surface area contributed by atoms with E-state index in [0.717, 1.165) is 24.3 Å². The lowest BCUT2D eigenvalue weighted by Gasteiger charge is -2.30. The summed E-state index contributed by atoms with van der Waals surface area (Å²) in [6.07, 6.45) is 5.45. The van der Waals surface area contributed by atoms with Crippen molar-refractivity contribution < 1.29 is 9.90 Å². The molecule has 2 atom stereocenters. The van der Waals surface area contributed by atoms with Gasteiger partial charge in [-0.1, -0.05) is 13.3 Å². The van der Waals surface area contributed by atoms with Gasteiger partial charge in [0, 0.05) is 22.8 Å². The second-order valence-electron chi connectivity index (χ2n) is 6.52. The van der Waals surface area contributed by atoms with Crippen LogP contribution in [0.2, 0.25) is 0 Å². The van der Waals surface area contributed by atoms with E-state index < -0.39 is 0 Å². The normalized spacial score (nSPS) is 28.6. The second-order valence-corrected chi connectivity index (χ2v) is 7.47. The third-order valence-corrected chi connectivity index (χ3v) is 5.58. The third-order valence-electron chi connectivity index (χ3n) is 4.71. The standard InChI is InChI=1S/C15H23N3O2S/c1-15(9-19)6-2-3-12(15)18-14(20)16-7-13-17-11(8-21-13)10-4-5-10/h8,10,12,19H,2-7,9H2,1H3,(H2,16,18,20). The predicted molar refractivity (Wildman–Crippen MR) is 82.3 cm³/mol. The highest BCUT2D eigenvalue weighted by Crippen LogP contribution is 2.40. The van der Waals surface area contributed by atoms with Crippen molar-refractivity contribution in [3.63, 3.8) is 0 Å². The van der Waals surface area contributed by atoms with Crippen molar-refractivity contribution >= 4 is 17.4 Å². The van der Waals surface area contributed by atoms with Crippen molar-refractivity contribution in [1.29, 1.82) is 0 Å². The fourth-order valence-corrected chi connectivity index (χ4v) is 3.82. The van der Waals surface area contributed by atoms with Crippen molar-refractivity contribution in [2.45, 2.75) is 57.5 Å². The Morgan fingerprint density at radius 2 is 2.33 bits per heavy atom. The molecule has 0 saturated heterocycles. The maximum atomic E-state index is 12.0. The molecule has 2 saturated carbocycles. The van der Waals surface area contributed by atoms with Gasteiger partial charge in [-0.25, -0.2) is 9.78 Å². The molecule has 1 aromatic rings. The van der Waals surface area contributed by atoms with Crippen LogP contribution in [0, 0.1) is 5.41 Å². The summed E-state index contributed by atoms with van der Waals surface area (Å²) in [4.78, 5) is 16.6. The van der Waals surface area contributed by atoms with Gasteiger partial charge in [0.1, 0.15) is 5.01 Å². The van der Waals surface area contributed by atoms with Crippen molar-refractivity contribution in [3.05, 3.63) is 16.1 Å². The SMILES string of the molecule is CC1(CO)CCCC1NC(=O)NCc1nc(C2CC2)cs1. The van der Waals surface area contributed by atoms with Crippen LogP contribution in [-0.4, -0.2) is 28.8 Å². The molecule has 5 nitrogen and oxygen atoms in total. The zero-order valence-electron chi connectivity index (χ0n) is 12.4. The zero-order chi connectivity index (χ0) is 14.9. The lowest BCUT2D eigenvalue weighted by atomic mass is 9.86. The number of aliphatic hydroxyl groups excluding tert-OH is 1. The Morgan fingerprint density at radius 1 is 1.52 bits per heavy atom. The number of aliphatic hydroxyl groups is 1. The summed E-state index contributed by atoms with van der Waals surface area (Å²) < 4.78 is 0. The molecule has 1 heterocycles. The number of carbonyl (C=O) groups is 1. The number of nitrogens with one attached hydrogen (secondary N) is 2. The van der Waals surface area contributed by atoms with Crippen LogP contribution in [0.1, 0.15) is 55.6 Å². The minimum Gasteiger partial charge on any atom is -0.396 e. The monoisotopic (exact) mass is 309 g/mol. The van der Waals surface area contributed by atoms with Crippen LogP contribution in [0.15, 0.2) is 5.38 Å². The van der Waals surface area contributed by atoms with Gasteiger partial charge in [0.2, 0.25) is 0 Å². The summed E-state index contributed by atoms with van der Waals surface area (Å²) in [7, 11) is 0. The van der Waals surface area contributed by atoms with Gasteiger partial charge >= 0.3 is 6.03 Å². The van der Waals surface area contributed by atoms with Gasteiger partial charge in [0.05, 0.1) is 18.8 Å². The first-order chi connectivity index (χ1) is 10.1. The largest absolute Gasteiger partial charge is 0.396 e. The molecule has 0 spiro atoms. The number of rotatable bonds is 5. The highest BCUT2D eigenvalue weighted by atomic mass is 32.1. The van der Waals surface area contributed by atoms with Crippen LogP contribution >= 0.6 is 11.3 Å². The van der Waals surface area contributed by atoms with Crippen molar-refractivity contribution in [2.24, 2.45) is 5.41 Å². The molecule has 3 N–H and O–H groups in total. The number of urea groups is 1. The molecule has 2 fully saturated rings. The molecule has 2 unspecified atom stereocenters. The Balaban J connectivity index is 1.47. The van der Waals surface area contributed by atoms with E-state index in [2.05, 4.69) is 21.0 Å². The molecule has 21 heavy (non-hydrogen) atoms. The number of aromatic nitrogens is 1. The Morgan fingerprint density at radius 3 is 3.05 bits per heavy atom. The van der Waals surface area contributed by atoms with Crippen LogP contribution in [-0.2, 0) is 6.54 Å². The third kappa shape index (κ3) is 3.37. The highest BCUT2D eigenvalue weighted by molar-refractivity contribution is 7.09. The molecule has 2 amide bonds. The van der Waals surface area contributed by atoms with E-state index in [1.54, 1.807) is 11.3 Å². The van der Waals surface area contributed by atoms with Gasteiger partial charge in [-0.2, -0.15) is 0 Å². The van der Waals surface area contributed by atoms with Crippen LogP contribution in [0.25, 0.3) is 0 Å². The topological polar surface area (TPSA) is 74.2 Å². The van der Waals surface area contributed by atoms with Gasteiger partial charge in [-0.15, -0.1) is 11.3 Å². The summed E-state index contributed by atoms with van der Waals surface area (Å²) in [5, 5.41) is 18.4. The maximum absolute atomic E-state index is 12.0. The van der Waals surface area contributed by atoms with Crippen LogP contribution in [0.4, 0.5) is 4.79 Å². The summed E-state index contributed by atoms with van der Waals surface area (Å²) in [6.45, 7) is 2.63. The quantitative estimate of drug-likeness (QED) is 0.782. The number of nitrogens with zero attached hydrogens (tertiary/aromatic N) is 1. The van der Waals surface area contributed by atoms with Gasteiger partial charge in [0.15, 0.2) is 0 Å². The van der Waals surface area contributed by atoms with Gasteiger partial charge < -0.3 is 15.7 Å². The molecule has 2 aliphatic rings. The lowest BCUT2D eigenvalue weighted by molar-refractivity contribution is 0.121. The van der Waals surface area contributed by atoms with E-state index >= 15 is 0 Å². The number of carbonyl (C=O) groups excluding carboxylic acids is 1. The van der Waals surface area contributed by atoms with Gasteiger partial charge in [-0.3, -0.25) is 0 Å². The number of thiazole rings is 1. The molecular formula is C15H23N3O2S. The van der Waals surface area contributed by atoms with E-state index in [-0.39, 0.29) is 24.1 Å². The number of amides is 2. The smallest absolute Gasteiger partial charge is 0.315 e. The highest BCUT2D eigenvalue weighted by Gasteiger charge is 2.39. The summed E-state index contributed by atoms with van der Waals surface area (Å²) >= 11 is 1.61. The molecular weight excluding hydrogens is 286 g/mol. The van der Waals surface area contributed by atoms with Gasteiger partial charge in [-0.05, 0) is 25.7 Å². The molecule has 116 valence electrons. The minimum atomic E-state index is -0.183. The van der Waals surface area contributed by atoms with Crippen molar-refractivity contribution in [1.82, 2.24) is 15.6 Å². The van der Waals surface area contributed by atoms with E-state index in [1.807, 2.05) is 6.92 Å². The molecule has 0 bridgehead atoms. The summed E-state index contributed by atoms with van der Waals surface area (Å²) in [5.41, 5.74) is 0.998. The Labute approximate surface area is 129 Å². The molecule has 0 aliphatic heterocycles. The molecule has 6 heteroatoms. The molecule has 0 radical (unpaired) electrons. The first kappa shape index (κ1) is 14.8. The number of hydrogen-bond acceptors (Lipinski definition) is 4. The van der Waals surface area contributed by atoms with Crippen molar-refractivity contribution in [3.8, 4) is 0 Å². The second kappa shape index (κ2) is 5.93. The van der Waals surface area contributed by atoms with Gasteiger partial charge in [0.25, 0.3) is 0 Å². The molecule has 2 aliphatic carbocycles. The number of hydrogen-bond donors (Lipinski definition) is 3. The maximum Gasteiger partial charge on any atom is 0.315 e. The van der Waals surface area contributed by atoms with Crippen molar-refractivity contribution in [2.75, 3.05) is 6.61 Å². The summed E-state index contributed by atoms with van der Waals surface area (Å²) in [6, 6.07) is -0.106. The Hall–Kier alpha value is -1.14. The predicted octanol–water partition coefficient (Wildman–Crippen LogP) is 2.37. The molecule has 3 rings (SSSR count). The Bertz CT molecular complexity index is 515.